The highest BCUT2D eigenvalue weighted by molar-refractivity contribution is 5.87. The Labute approximate surface area is 209 Å². The number of hydrogen-bond donors (Lipinski definition) is 1. The largest absolute Gasteiger partial charge is 0.490 e. The molecule has 0 aliphatic heterocycles. The fraction of sp³-hybridized carbons (Fsp3) is 0.462. The lowest BCUT2D eigenvalue weighted by Crippen LogP contribution is -2.31. The second-order valence-corrected chi connectivity index (χ2v) is 8.31. The number of rotatable bonds is 13. The first-order valence-electron chi connectivity index (χ1n) is 12.3. The number of esters is 1. The number of carbonyl (C=O) groups is 1. The first kappa shape index (κ1) is 26.8. The number of aromatic nitrogens is 4. The molecule has 2 aromatic heterocycles. The molecular weight excluding hydrogens is 464 g/mol. The third-order valence-electron chi connectivity index (χ3n) is 5.62. The van der Waals surface area contributed by atoms with Gasteiger partial charge < -0.3 is 18.8 Å². The second kappa shape index (κ2) is 12.8. The lowest BCUT2D eigenvalue weighted by Gasteiger charge is -2.12. The van der Waals surface area contributed by atoms with Crippen LogP contribution in [0.15, 0.2) is 33.9 Å². The smallest absolute Gasteiger partial charge is 0.331 e. The molecule has 194 valence electrons. The van der Waals surface area contributed by atoms with Gasteiger partial charge in [0.1, 0.15) is 12.4 Å². The summed E-state index contributed by atoms with van der Waals surface area (Å²) in [5, 5.41) is 0. The number of H-pyrrole nitrogens is 1. The van der Waals surface area contributed by atoms with Crippen molar-refractivity contribution in [3.05, 3.63) is 56.5 Å². The molecular formula is C26H34N4O6. The van der Waals surface area contributed by atoms with E-state index in [4.69, 9.17) is 14.2 Å². The van der Waals surface area contributed by atoms with Crippen molar-refractivity contribution in [1.29, 1.82) is 0 Å². The SMILES string of the molecule is CCCCOc1ccc(C=CC(=O)OCc2nc3c(c(=O)[nH]c(=O)n3CCCC)n2C)cc1OCC. The molecule has 10 nitrogen and oxygen atoms in total. The number of aromatic amines is 1. The number of aryl methyl sites for hydroxylation is 2. The van der Waals surface area contributed by atoms with Gasteiger partial charge in [-0.25, -0.2) is 14.6 Å². The molecule has 0 unspecified atom stereocenters. The van der Waals surface area contributed by atoms with Crippen LogP contribution in [0.3, 0.4) is 0 Å². The first-order chi connectivity index (χ1) is 17.4. The van der Waals surface area contributed by atoms with Crippen LogP contribution >= 0.6 is 0 Å². The van der Waals surface area contributed by atoms with Gasteiger partial charge in [-0.1, -0.05) is 32.8 Å². The van der Waals surface area contributed by atoms with Gasteiger partial charge in [0.25, 0.3) is 5.56 Å². The zero-order valence-electron chi connectivity index (χ0n) is 21.3. The minimum Gasteiger partial charge on any atom is -0.490 e. The summed E-state index contributed by atoms with van der Waals surface area (Å²) in [7, 11) is 1.65. The minimum atomic E-state index is -0.569. The number of ether oxygens (including phenoxy) is 3. The Morgan fingerprint density at radius 1 is 1.08 bits per heavy atom. The molecule has 3 rings (SSSR count). The normalized spacial score (nSPS) is 11.3. The van der Waals surface area contributed by atoms with Crippen molar-refractivity contribution in [2.75, 3.05) is 13.2 Å². The van der Waals surface area contributed by atoms with Crippen LogP contribution in [0.4, 0.5) is 0 Å². The van der Waals surface area contributed by atoms with Gasteiger partial charge in [0.05, 0.1) is 13.2 Å². The summed E-state index contributed by atoms with van der Waals surface area (Å²) in [5.41, 5.74) is 0.275. The van der Waals surface area contributed by atoms with Crippen LogP contribution in [-0.2, 0) is 29.7 Å². The molecule has 0 bridgehead atoms. The zero-order chi connectivity index (χ0) is 26.1. The van der Waals surface area contributed by atoms with E-state index in [1.54, 1.807) is 17.7 Å². The van der Waals surface area contributed by atoms with Crippen LogP contribution in [0.25, 0.3) is 17.2 Å². The highest BCUT2D eigenvalue weighted by atomic mass is 16.5. The Kier molecular flexibility index (Phi) is 9.49. The highest BCUT2D eigenvalue weighted by Crippen LogP contribution is 2.29. The number of imidazole rings is 1. The molecule has 36 heavy (non-hydrogen) atoms. The Hall–Kier alpha value is -3.82. The Balaban J connectivity index is 1.72. The molecule has 1 aromatic carbocycles. The van der Waals surface area contributed by atoms with Gasteiger partial charge in [-0.2, -0.15) is 0 Å². The van der Waals surface area contributed by atoms with Gasteiger partial charge >= 0.3 is 11.7 Å². The molecule has 0 saturated heterocycles. The number of hydrogen-bond acceptors (Lipinski definition) is 7. The average molecular weight is 499 g/mol. The van der Waals surface area contributed by atoms with Crippen LogP contribution in [0, 0.1) is 0 Å². The van der Waals surface area contributed by atoms with E-state index in [2.05, 4.69) is 16.9 Å². The van der Waals surface area contributed by atoms with Gasteiger partial charge in [0.2, 0.25) is 0 Å². The molecule has 1 N–H and O–H groups in total. The van der Waals surface area contributed by atoms with Crippen molar-refractivity contribution in [3.8, 4) is 11.5 Å². The fourth-order valence-electron chi connectivity index (χ4n) is 3.63. The van der Waals surface area contributed by atoms with E-state index >= 15 is 0 Å². The van der Waals surface area contributed by atoms with Gasteiger partial charge in [0, 0.05) is 19.7 Å². The summed E-state index contributed by atoms with van der Waals surface area (Å²) < 4.78 is 19.8. The molecule has 0 saturated carbocycles. The molecule has 10 heteroatoms. The maximum absolute atomic E-state index is 12.4. The monoisotopic (exact) mass is 498 g/mol. The van der Waals surface area contributed by atoms with E-state index in [-0.39, 0.29) is 17.8 Å². The summed E-state index contributed by atoms with van der Waals surface area (Å²) in [6.45, 7) is 7.40. The lowest BCUT2D eigenvalue weighted by atomic mass is 10.2. The van der Waals surface area contributed by atoms with Crippen LogP contribution in [0.1, 0.15) is 57.8 Å². The number of nitrogens with zero attached hydrogens (tertiary/aromatic N) is 3. The molecule has 0 aliphatic rings. The van der Waals surface area contributed by atoms with Gasteiger partial charge in [-0.3, -0.25) is 14.3 Å². The average Bonchev–Trinajstić information content (AvgIpc) is 3.19. The highest BCUT2D eigenvalue weighted by Gasteiger charge is 2.17. The summed E-state index contributed by atoms with van der Waals surface area (Å²) in [4.78, 5) is 43.8. The Morgan fingerprint density at radius 3 is 2.58 bits per heavy atom. The molecule has 0 spiro atoms. The molecule has 2 heterocycles. The molecule has 0 atom stereocenters. The number of benzene rings is 1. The van der Waals surface area contributed by atoms with Crippen molar-refractivity contribution < 1.29 is 19.0 Å². The van der Waals surface area contributed by atoms with E-state index in [1.165, 1.54) is 10.6 Å². The third-order valence-corrected chi connectivity index (χ3v) is 5.62. The maximum atomic E-state index is 12.4. The second-order valence-electron chi connectivity index (χ2n) is 8.31. The summed E-state index contributed by atoms with van der Waals surface area (Å²) in [6.07, 6.45) is 6.59. The van der Waals surface area contributed by atoms with E-state index < -0.39 is 17.2 Å². The maximum Gasteiger partial charge on any atom is 0.331 e. The minimum absolute atomic E-state index is 0.149. The van der Waals surface area contributed by atoms with Crippen LogP contribution < -0.4 is 20.7 Å². The number of unbranched alkanes of at least 4 members (excludes halogenated alkanes) is 2. The van der Waals surface area contributed by atoms with Crippen molar-refractivity contribution in [2.45, 2.75) is 59.6 Å². The fourth-order valence-corrected chi connectivity index (χ4v) is 3.63. The number of fused-ring (bicyclic) bond motifs is 1. The van der Waals surface area contributed by atoms with E-state index in [9.17, 15) is 14.4 Å². The number of nitrogens with one attached hydrogen (secondary N) is 1. The van der Waals surface area contributed by atoms with Crippen molar-refractivity contribution in [3.63, 3.8) is 0 Å². The Bertz CT molecular complexity index is 1330. The topological polar surface area (TPSA) is 117 Å². The van der Waals surface area contributed by atoms with E-state index in [1.807, 2.05) is 32.0 Å². The van der Waals surface area contributed by atoms with Gasteiger partial charge in [0.15, 0.2) is 22.7 Å². The predicted molar refractivity (Wildman–Crippen MR) is 137 cm³/mol. The first-order valence-corrected chi connectivity index (χ1v) is 12.3. The summed E-state index contributed by atoms with van der Waals surface area (Å²) in [6, 6.07) is 5.46. The molecule has 0 aliphatic carbocycles. The van der Waals surface area contributed by atoms with Crippen LogP contribution in [-0.4, -0.2) is 38.3 Å². The van der Waals surface area contributed by atoms with Gasteiger partial charge in [-0.05, 0) is 43.5 Å². The molecule has 0 radical (unpaired) electrons. The van der Waals surface area contributed by atoms with E-state index in [0.29, 0.717) is 37.1 Å². The predicted octanol–water partition coefficient (Wildman–Crippen LogP) is 3.56. The van der Waals surface area contributed by atoms with Crippen molar-refractivity contribution >= 4 is 23.2 Å². The van der Waals surface area contributed by atoms with E-state index in [0.717, 1.165) is 31.2 Å². The van der Waals surface area contributed by atoms with Crippen LogP contribution in [0.2, 0.25) is 0 Å². The van der Waals surface area contributed by atoms with Gasteiger partial charge in [-0.15, -0.1) is 0 Å². The van der Waals surface area contributed by atoms with Crippen LogP contribution in [0.5, 0.6) is 11.5 Å². The molecule has 3 aromatic rings. The zero-order valence-corrected chi connectivity index (χ0v) is 21.3. The lowest BCUT2D eigenvalue weighted by molar-refractivity contribution is -0.139. The third kappa shape index (κ3) is 6.44. The standard InChI is InChI=1S/C26H34N4O6/c1-5-8-14-30-24-23(25(32)28-26(30)33)29(4)21(27-24)17-36-22(31)13-11-18-10-12-19(35-15-9-6-2)20(16-18)34-7-3/h10-13,16H,5-9,14-15,17H2,1-4H3,(H,28,32,33). The van der Waals surface area contributed by atoms with Crippen molar-refractivity contribution in [1.82, 2.24) is 19.1 Å². The quantitative estimate of drug-likeness (QED) is 0.217. The summed E-state index contributed by atoms with van der Waals surface area (Å²) in [5.74, 6) is 1.07. The molecule has 0 amide bonds. The Morgan fingerprint density at radius 2 is 1.86 bits per heavy atom. The number of carbonyl (C=O) groups excluding carboxylic acids is 1. The summed E-state index contributed by atoms with van der Waals surface area (Å²) >= 11 is 0. The van der Waals surface area contributed by atoms with Crippen molar-refractivity contribution in [2.24, 2.45) is 7.05 Å². The molecule has 0 fully saturated rings.